The van der Waals surface area contributed by atoms with Gasteiger partial charge in [0.25, 0.3) is 5.79 Å². The normalized spacial score (nSPS) is 58.7. The van der Waals surface area contributed by atoms with Gasteiger partial charge < -0.3 is 48.1 Å². The van der Waals surface area contributed by atoms with Gasteiger partial charge in [0.15, 0.2) is 5.60 Å². The predicted molar refractivity (Wildman–Crippen MR) is 147 cm³/mol. The summed E-state index contributed by atoms with van der Waals surface area (Å²) >= 11 is 0. The molecule has 1 spiro atoms. The van der Waals surface area contributed by atoms with Crippen LogP contribution in [-0.2, 0) is 47.5 Å². The van der Waals surface area contributed by atoms with Crippen molar-refractivity contribution in [2.45, 2.75) is 100 Å². The zero-order valence-corrected chi connectivity index (χ0v) is 26.0. The van der Waals surface area contributed by atoms with Crippen molar-refractivity contribution in [2.24, 2.45) is 34.0 Å². The second-order valence-electron chi connectivity index (χ2n) is 15.1. The molecule has 0 aromatic heterocycles. The molecule has 5 aliphatic heterocycles. The minimum absolute atomic E-state index is 0.129. The fourth-order valence-corrected chi connectivity index (χ4v) is 11.9. The van der Waals surface area contributed by atoms with Crippen LogP contribution in [0.2, 0.25) is 0 Å². The Hall–Kier alpha value is -2.06. The smallest absolute Gasteiger partial charge is 0.366 e. The third kappa shape index (κ3) is 2.77. The Kier molecular flexibility index (Phi) is 5.63. The molecule has 2 bridgehead atoms. The Morgan fingerprint density at radius 2 is 1.86 bits per heavy atom. The van der Waals surface area contributed by atoms with Crippen LogP contribution in [0.4, 0.5) is 0 Å². The van der Waals surface area contributed by atoms with Crippen LogP contribution in [0.5, 0.6) is 0 Å². The van der Waals surface area contributed by atoms with E-state index in [-0.39, 0.29) is 19.1 Å². The molecule has 44 heavy (non-hydrogen) atoms. The molecule has 0 aromatic carbocycles. The number of ether oxygens (including phenoxy) is 8. The van der Waals surface area contributed by atoms with Gasteiger partial charge in [-0.3, -0.25) is 0 Å². The molecule has 15 atom stereocenters. The maximum Gasteiger partial charge on any atom is 0.366 e. The van der Waals surface area contributed by atoms with Crippen molar-refractivity contribution < 1.29 is 57.7 Å². The Labute approximate surface area is 255 Å². The van der Waals surface area contributed by atoms with Crippen LogP contribution in [0.3, 0.4) is 0 Å². The Balaban J connectivity index is 1.34. The average Bonchev–Trinajstić information content (AvgIpc) is 3.74. The van der Waals surface area contributed by atoms with E-state index in [1.807, 2.05) is 13.8 Å². The van der Waals surface area contributed by atoms with Crippen LogP contribution in [0, 0.1) is 34.0 Å². The highest BCUT2D eigenvalue weighted by Crippen LogP contribution is 2.80. The summed E-state index contributed by atoms with van der Waals surface area (Å²) in [5.41, 5.74) is -7.05. The lowest BCUT2D eigenvalue weighted by molar-refractivity contribution is -0.309. The van der Waals surface area contributed by atoms with Crippen molar-refractivity contribution in [2.75, 3.05) is 27.4 Å². The van der Waals surface area contributed by atoms with Crippen LogP contribution >= 0.6 is 0 Å². The van der Waals surface area contributed by atoms with E-state index in [0.29, 0.717) is 24.8 Å². The maximum atomic E-state index is 13.9. The van der Waals surface area contributed by atoms with Crippen molar-refractivity contribution in [3.8, 4) is 0 Å². The summed E-state index contributed by atoms with van der Waals surface area (Å²) in [6.45, 7) is 11.6. The second kappa shape index (κ2) is 8.44. The summed E-state index contributed by atoms with van der Waals surface area (Å²) in [6.07, 6.45) is 0.634. The zero-order chi connectivity index (χ0) is 31.5. The predicted octanol–water partition coefficient (Wildman–Crippen LogP) is 1.37. The second-order valence-corrected chi connectivity index (χ2v) is 15.1. The number of hydrogen-bond acceptors (Lipinski definition) is 12. The molecule has 0 unspecified atom stereocenters. The van der Waals surface area contributed by atoms with Crippen LogP contribution in [-0.4, -0.2) is 103 Å². The van der Waals surface area contributed by atoms with Crippen LogP contribution in [0.25, 0.3) is 0 Å². The number of fused-ring (bicyclic) bond motifs is 11. The summed E-state index contributed by atoms with van der Waals surface area (Å²) in [5.74, 6) is -4.78. The van der Waals surface area contributed by atoms with E-state index in [4.69, 9.17) is 37.9 Å². The number of hydrogen-bond donors (Lipinski definition) is 2. The van der Waals surface area contributed by atoms with Gasteiger partial charge in [-0.1, -0.05) is 20.4 Å². The number of carbonyl (C=O) groups is 2. The fraction of sp³-hybridized carbons (Fsp3) is 0.812. The monoisotopic (exact) mass is 618 g/mol. The van der Waals surface area contributed by atoms with Gasteiger partial charge in [0.2, 0.25) is 6.29 Å². The number of esters is 2. The summed E-state index contributed by atoms with van der Waals surface area (Å²) in [7, 11) is 2.70. The summed E-state index contributed by atoms with van der Waals surface area (Å²) in [4.78, 5) is 26.7. The number of rotatable bonds is 4. The van der Waals surface area contributed by atoms with Gasteiger partial charge in [-0.15, -0.1) is 0 Å². The summed E-state index contributed by atoms with van der Waals surface area (Å²) in [5, 5.41) is 25.3. The van der Waals surface area contributed by atoms with Gasteiger partial charge in [0.1, 0.15) is 17.3 Å². The van der Waals surface area contributed by atoms with Gasteiger partial charge in [0, 0.05) is 46.7 Å². The van der Waals surface area contributed by atoms with Gasteiger partial charge in [0.05, 0.1) is 44.9 Å². The molecule has 4 saturated heterocycles. The largest absolute Gasteiger partial charge is 0.469 e. The van der Waals surface area contributed by atoms with Gasteiger partial charge >= 0.3 is 11.9 Å². The lowest BCUT2D eigenvalue weighted by Gasteiger charge is -2.64. The van der Waals surface area contributed by atoms with Crippen molar-refractivity contribution in [3.05, 3.63) is 24.5 Å². The van der Waals surface area contributed by atoms with Crippen LogP contribution in [0.1, 0.15) is 47.0 Å². The highest BCUT2D eigenvalue weighted by molar-refractivity contribution is 5.87. The Morgan fingerprint density at radius 3 is 2.55 bits per heavy atom. The SMILES string of the molecule is C=C(C)C(=O)O[C@H]1CC[C@]23CO[C@](OC)(C(=O)OC)[C@H]2[C@]2(C)[C@H](O[C@]4(C)[C@@H]5C[C@@H](O[C@@H]6OC=C[C@@]65O)[C@]24O)[C@@H]2OC[C@]1(C)[C@H]23. The topological polar surface area (TPSA) is 148 Å². The highest BCUT2D eigenvalue weighted by atomic mass is 16.7. The molecule has 242 valence electrons. The van der Waals surface area contributed by atoms with E-state index >= 15 is 0 Å². The molecule has 3 saturated carbocycles. The van der Waals surface area contributed by atoms with E-state index in [1.54, 1.807) is 13.0 Å². The molecule has 2 N–H and O–H groups in total. The van der Waals surface area contributed by atoms with Crippen molar-refractivity contribution >= 4 is 11.9 Å². The van der Waals surface area contributed by atoms with Crippen molar-refractivity contribution in [3.63, 3.8) is 0 Å². The number of methoxy groups -OCH3 is 2. The zero-order valence-electron chi connectivity index (χ0n) is 26.0. The first-order valence-corrected chi connectivity index (χ1v) is 15.5. The van der Waals surface area contributed by atoms with E-state index in [9.17, 15) is 19.8 Å². The molecule has 12 heteroatoms. The standard InChI is InChI=1S/C32H42O12/c1-15(2)22(33)42-17-8-9-29-14-41-31(38-7,24(34)37-6)23(29)27(4)21(19-20(29)26(17,3)13-40-19)44-28(5)16-12-18(32(27,28)36)43-25-30(16,35)10-11-39-25/h10-11,16-21,23,25,35-36H,1,8-9,12-14H2,2-7H3/t16-,17-,18+,19+,20-,21+,23-,25-,26-,27-,28+,29+,30-,31-,32-/m0/s1. The van der Waals surface area contributed by atoms with Gasteiger partial charge in [-0.25, -0.2) is 9.59 Å². The summed E-state index contributed by atoms with van der Waals surface area (Å²) in [6, 6.07) is 0. The molecule has 7 fully saturated rings. The van der Waals surface area contributed by atoms with Crippen molar-refractivity contribution in [1.29, 1.82) is 0 Å². The molecule has 0 amide bonds. The fourth-order valence-electron chi connectivity index (χ4n) is 11.9. The quantitative estimate of drug-likeness (QED) is 0.346. The molecule has 3 aliphatic carbocycles. The van der Waals surface area contributed by atoms with E-state index in [2.05, 4.69) is 13.5 Å². The molecular formula is C32H42O12. The van der Waals surface area contributed by atoms with E-state index in [0.717, 1.165) is 0 Å². The Morgan fingerprint density at radius 1 is 1.11 bits per heavy atom. The molecular weight excluding hydrogens is 576 g/mol. The Bertz CT molecular complexity index is 1380. The average molecular weight is 619 g/mol. The maximum absolute atomic E-state index is 13.9. The lowest BCUT2D eigenvalue weighted by Crippen LogP contribution is -2.76. The van der Waals surface area contributed by atoms with Gasteiger partial charge in [-0.05, 0) is 39.2 Å². The highest BCUT2D eigenvalue weighted by Gasteiger charge is 2.92. The first kappa shape index (κ1) is 29.3. The van der Waals surface area contributed by atoms with Crippen LogP contribution in [0.15, 0.2) is 24.5 Å². The molecule has 5 heterocycles. The lowest BCUT2D eigenvalue weighted by atomic mass is 9.38. The summed E-state index contributed by atoms with van der Waals surface area (Å²) < 4.78 is 49.9. The third-order valence-corrected chi connectivity index (χ3v) is 13.5. The van der Waals surface area contributed by atoms with Gasteiger partial charge in [-0.2, -0.15) is 0 Å². The first-order chi connectivity index (χ1) is 20.7. The van der Waals surface area contributed by atoms with Crippen molar-refractivity contribution in [1.82, 2.24) is 0 Å². The first-order valence-electron chi connectivity index (χ1n) is 15.5. The van der Waals surface area contributed by atoms with E-state index in [1.165, 1.54) is 20.5 Å². The molecule has 8 aliphatic rings. The minimum atomic E-state index is -1.89. The minimum Gasteiger partial charge on any atom is -0.469 e. The molecule has 8 rings (SSSR count). The molecule has 0 aromatic rings. The third-order valence-electron chi connectivity index (χ3n) is 13.5. The molecule has 0 radical (unpaired) electrons. The number of aliphatic hydroxyl groups is 2. The molecule has 12 nitrogen and oxygen atoms in total. The van der Waals surface area contributed by atoms with Crippen LogP contribution < -0.4 is 0 Å². The van der Waals surface area contributed by atoms with E-state index < -0.39 is 93.3 Å². The number of carbonyl (C=O) groups excluding carboxylic acids is 2.